The molecule has 28 heavy (non-hydrogen) atoms. The highest BCUT2D eigenvalue weighted by atomic mass is 35.5. The average Bonchev–Trinajstić information content (AvgIpc) is 2.68. The van der Waals surface area contributed by atoms with Gasteiger partial charge in [-0.15, -0.1) is 0 Å². The first-order valence-electron chi connectivity index (χ1n) is 9.40. The highest BCUT2D eigenvalue weighted by Crippen LogP contribution is 2.25. The summed E-state index contributed by atoms with van der Waals surface area (Å²) < 4.78 is 25.0. The Kier molecular flexibility index (Phi) is 6.57. The fourth-order valence-electron chi connectivity index (χ4n) is 3.77. The van der Waals surface area contributed by atoms with E-state index in [2.05, 4.69) is 10.3 Å². The van der Waals surface area contributed by atoms with E-state index in [0.29, 0.717) is 49.7 Å². The first kappa shape index (κ1) is 21.0. The number of carbonyl (C=O) groups excluding carboxylic acids is 2. The number of hydrogen-bond donors (Lipinski definition) is 1. The molecule has 2 fully saturated rings. The topological polar surface area (TPSA) is 99.7 Å². The highest BCUT2D eigenvalue weighted by molar-refractivity contribution is 7.88. The molecule has 1 N–H and O–H groups in total. The van der Waals surface area contributed by atoms with Crippen LogP contribution >= 0.6 is 11.6 Å². The van der Waals surface area contributed by atoms with E-state index in [1.54, 1.807) is 17.0 Å². The number of sulfonamides is 1. The number of aromatic nitrogens is 1. The van der Waals surface area contributed by atoms with Crippen molar-refractivity contribution in [2.75, 3.05) is 37.8 Å². The third-order valence-corrected chi connectivity index (χ3v) is 6.78. The Morgan fingerprint density at radius 1 is 1.14 bits per heavy atom. The summed E-state index contributed by atoms with van der Waals surface area (Å²) >= 11 is 5.80. The van der Waals surface area contributed by atoms with Crippen LogP contribution in [0.1, 0.15) is 25.7 Å². The first-order valence-corrected chi connectivity index (χ1v) is 11.6. The second-order valence-electron chi connectivity index (χ2n) is 7.43. The first-order chi connectivity index (χ1) is 13.2. The smallest absolute Gasteiger partial charge is 0.230 e. The van der Waals surface area contributed by atoms with Gasteiger partial charge < -0.3 is 10.2 Å². The molecule has 0 bridgehead atoms. The van der Waals surface area contributed by atoms with Crippen LogP contribution in [0.15, 0.2) is 18.3 Å². The van der Waals surface area contributed by atoms with Gasteiger partial charge in [-0.3, -0.25) is 9.59 Å². The monoisotopic (exact) mass is 428 g/mol. The Bertz CT molecular complexity index is 830. The van der Waals surface area contributed by atoms with E-state index < -0.39 is 10.0 Å². The molecule has 1 aromatic rings. The molecule has 0 aromatic carbocycles. The standard InChI is InChI=1S/C18H25ClN4O4S/c1-28(26,27)23-9-3-5-14(12-23)18(25)22-8-2-4-13(11-22)17(24)21-16-7-6-15(19)10-20-16/h6-7,10,13-14H,2-5,8-9,11-12H2,1H3,(H,20,21,24). The predicted molar refractivity (Wildman–Crippen MR) is 106 cm³/mol. The molecule has 154 valence electrons. The number of rotatable bonds is 4. The average molecular weight is 429 g/mol. The molecule has 2 amide bonds. The summed E-state index contributed by atoms with van der Waals surface area (Å²) in [6.45, 7) is 1.62. The van der Waals surface area contributed by atoms with Crippen LogP contribution in [0.2, 0.25) is 5.02 Å². The fourth-order valence-corrected chi connectivity index (χ4v) is 4.80. The summed E-state index contributed by atoms with van der Waals surface area (Å²) in [5, 5.41) is 3.26. The van der Waals surface area contributed by atoms with E-state index in [-0.39, 0.29) is 30.2 Å². The summed E-state index contributed by atoms with van der Waals surface area (Å²) in [7, 11) is -3.30. The van der Waals surface area contributed by atoms with Gasteiger partial charge in [0.15, 0.2) is 0 Å². The molecular formula is C18H25ClN4O4S. The lowest BCUT2D eigenvalue weighted by molar-refractivity contribution is -0.139. The van der Waals surface area contributed by atoms with Crippen molar-refractivity contribution < 1.29 is 18.0 Å². The molecule has 0 spiro atoms. The molecule has 1 aromatic heterocycles. The van der Waals surface area contributed by atoms with Gasteiger partial charge >= 0.3 is 0 Å². The number of amides is 2. The van der Waals surface area contributed by atoms with E-state index in [9.17, 15) is 18.0 Å². The van der Waals surface area contributed by atoms with Crippen LogP contribution in [0.3, 0.4) is 0 Å². The van der Waals surface area contributed by atoms with Crippen LogP contribution in [0.25, 0.3) is 0 Å². The molecule has 3 heterocycles. The van der Waals surface area contributed by atoms with Crippen LogP contribution in [-0.2, 0) is 19.6 Å². The van der Waals surface area contributed by atoms with Gasteiger partial charge in [0.2, 0.25) is 21.8 Å². The van der Waals surface area contributed by atoms with Crippen LogP contribution in [0.5, 0.6) is 0 Å². The Labute approximate surface area is 170 Å². The Hall–Kier alpha value is -1.71. The minimum Gasteiger partial charge on any atom is -0.342 e. The quantitative estimate of drug-likeness (QED) is 0.784. The number of halogens is 1. The van der Waals surface area contributed by atoms with Crippen LogP contribution in [0, 0.1) is 11.8 Å². The zero-order valence-electron chi connectivity index (χ0n) is 15.8. The van der Waals surface area contributed by atoms with Crippen molar-refractivity contribution in [2.24, 2.45) is 11.8 Å². The highest BCUT2D eigenvalue weighted by Gasteiger charge is 2.35. The van der Waals surface area contributed by atoms with Gasteiger partial charge in [0, 0.05) is 32.4 Å². The van der Waals surface area contributed by atoms with E-state index in [0.717, 1.165) is 6.42 Å². The van der Waals surface area contributed by atoms with Crippen molar-refractivity contribution in [3.05, 3.63) is 23.4 Å². The van der Waals surface area contributed by atoms with Crippen molar-refractivity contribution in [1.82, 2.24) is 14.2 Å². The molecule has 2 saturated heterocycles. The number of nitrogens with zero attached hydrogens (tertiary/aromatic N) is 3. The van der Waals surface area contributed by atoms with Crippen molar-refractivity contribution in [3.63, 3.8) is 0 Å². The number of piperidine rings is 2. The van der Waals surface area contributed by atoms with E-state index >= 15 is 0 Å². The van der Waals surface area contributed by atoms with Gasteiger partial charge in [-0.25, -0.2) is 17.7 Å². The number of hydrogen-bond acceptors (Lipinski definition) is 5. The SMILES string of the molecule is CS(=O)(=O)N1CCCC(C(=O)N2CCCC(C(=O)Nc3ccc(Cl)cn3)C2)C1. The maximum absolute atomic E-state index is 12.9. The molecule has 0 aliphatic carbocycles. The fraction of sp³-hybridized carbons (Fsp3) is 0.611. The maximum atomic E-state index is 12.9. The van der Waals surface area contributed by atoms with E-state index in [4.69, 9.17) is 11.6 Å². The van der Waals surface area contributed by atoms with E-state index in [1.165, 1.54) is 16.8 Å². The predicted octanol–water partition coefficient (Wildman–Crippen LogP) is 1.58. The van der Waals surface area contributed by atoms with Crippen LogP contribution < -0.4 is 5.32 Å². The Morgan fingerprint density at radius 2 is 1.86 bits per heavy atom. The molecule has 0 saturated carbocycles. The second kappa shape index (κ2) is 8.75. The third-order valence-electron chi connectivity index (χ3n) is 5.28. The normalized spacial score (nSPS) is 24.0. The summed E-state index contributed by atoms with van der Waals surface area (Å²) in [5.74, 6) is -0.467. The van der Waals surface area contributed by atoms with Crippen molar-refractivity contribution in [3.8, 4) is 0 Å². The number of carbonyl (C=O) groups is 2. The number of likely N-dealkylation sites (tertiary alicyclic amines) is 1. The Balaban J connectivity index is 1.60. The minimum absolute atomic E-state index is 0.0598. The zero-order valence-corrected chi connectivity index (χ0v) is 17.4. The van der Waals surface area contributed by atoms with E-state index in [1.807, 2.05) is 0 Å². The number of nitrogens with one attached hydrogen (secondary N) is 1. The maximum Gasteiger partial charge on any atom is 0.230 e. The van der Waals surface area contributed by atoms with Crippen LogP contribution in [0.4, 0.5) is 5.82 Å². The molecule has 10 heteroatoms. The van der Waals surface area contributed by atoms with Gasteiger partial charge in [0.05, 0.1) is 23.1 Å². The lowest BCUT2D eigenvalue weighted by atomic mass is 9.93. The molecule has 2 atom stereocenters. The van der Waals surface area contributed by atoms with Gasteiger partial charge in [-0.1, -0.05) is 11.6 Å². The second-order valence-corrected chi connectivity index (χ2v) is 9.85. The minimum atomic E-state index is -3.30. The van der Waals surface area contributed by atoms with Gasteiger partial charge in [-0.2, -0.15) is 0 Å². The molecule has 0 radical (unpaired) electrons. The number of pyridine rings is 1. The summed E-state index contributed by atoms with van der Waals surface area (Å²) in [6.07, 6.45) is 5.41. The molecule has 2 unspecified atom stereocenters. The Morgan fingerprint density at radius 3 is 2.54 bits per heavy atom. The molecular weight excluding hydrogens is 404 g/mol. The summed E-state index contributed by atoms with van der Waals surface area (Å²) in [6, 6.07) is 3.28. The third kappa shape index (κ3) is 5.21. The molecule has 2 aliphatic rings. The van der Waals surface area contributed by atoms with Crippen molar-refractivity contribution in [1.29, 1.82) is 0 Å². The molecule has 3 rings (SSSR count). The lowest BCUT2D eigenvalue weighted by Gasteiger charge is -2.37. The summed E-state index contributed by atoms with van der Waals surface area (Å²) in [5.41, 5.74) is 0. The van der Waals surface area contributed by atoms with Crippen molar-refractivity contribution in [2.45, 2.75) is 25.7 Å². The van der Waals surface area contributed by atoms with Gasteiger partial charge in [0.25, 0.3) is 0 Å². The van der Waals surface area contributed by atoms with Gasteiger partial charge in [0.1, 0.15) is 5.82 Å². The van der Waals surface area contributed by atoms with Crippen LogP contribution in [-0.4, -0.2) is 66.9 Å². The zero-order chi connectivity index (χ0) is 20.3. The molecule has 8 nitrogen and oxygen atoms in total. The molecule has 2 aliphatic heterocycles. The van der Waals surface area contributed by atoms with Gasteiger partial charge in [-0.05, 0) is 37.8 Å². The summed E-state index contributed by atoms with van der Waals surface area (Å²) in [4.78, 5) is 31.3. The number of anilines is 1. The largest absolute Gasteiger partial charge is 0.342 e. The lowest BCUT2D eigenvalue weighted by Crippen LogP contribution is -2.50. The van der Waals surface area contributed by atoms with Crippen molar-refractivity contribution >= 4 is 39.3 Å².